The van der Waals surface area contributed by atoms with Gasteiger partial charge in [-0.05, 0) is 30.9 Å². The number of aromatic nitrogens is 1. The van der Waals surface area contributed by atoms with Crippen molar-refractivity contribution in [3.05, 3.63) is 66.0 Å². The summed E-state index contributed by atoms with van der Waals surface area (Å²) in [5, 5.41) is 3.21. The summed E-state index contributed by atoms with van der Waals surface area (Å²) >= 11 is 0. The van der Waals surface area contributed by atoms with Crippen LogP contribution in [-0.2, 0) is 17.9 Å². The number of hydrogen-bond donors (Lipinski definition) is 1. The van der Waals surface area contributed by atoms with Gasteiger partial charge in [0, 0.05) is 37.8 Å². The molecule has 0 unspecified atom stereocenters. The van der Waals surface area contributed by atoms with Crippen LogP contribution in [0, 0.1) is 6.92 Å². The quantitative estimate of drug-likeness (QED) is 0.822. The summed E-state index contributed by atoms with van der Waals surface area (Å²) in [7, 11) is 0. The Kier molecular flexibility index (Phi) is 6.18. The third kappa shape index (κ3) is 5.68. The van der Waals surface area contributed by atoms with Crippen molar-refractivity contribution in [3.63, 3.8) is 0 Å². The number of nitrogens with zero attached hydrogens (tertiary/aromatic N) is 2. The summed E-state index contributed by atoms with van der Waals surface area (Å²) in [5.41, 5.74) is 2.60. The number of pyridine rings is 1. The molecule has 0 spiro atoms. The van der Waals surface area contributed by atoms with E-state index >= 15 is 0 Å². The molecule has 1 aliphatic rings. The summed E-state index contributed by atoms with van der Waals surface area (Å²) in [4.78, 5) is 14.7. The number of hydrogen-bond acceptors (Lipinski definition) is 2. The summed E-state index contributed by atoms with van der Waals surface area (Å²) in [6.45, 7) is 5.91. The molecular weight excluding hydrogens is 310 g/mol. The van der Waals surface area contributed by atoms with Gasteiger partial charge in [-0.25, -0.2) is 4.57 Å². The van der Waals surface area contributed by atoms with Gasteiger partial charge in [-0.2, -0.15) is 0 Å². The monoisotopic (exact) mass is 338 g/mol. The molecule has 0 radical (unpaired) electrons. The van der Waals surface area contributed by atoms with E-state index in [0.717, 1.165) is 39.0 Å². The highest BCUT2D eigenvalue weighted by molar-refractivity contribution is 5.76. The summed E-state index contributed by atoms with van der Waals surface area (Å²) in [5.74, 6) is 0.162. The highest BCUT2D eigenvalue weighted by atomic mass is 16.1. The molecule has 0 aliphatic carbocycles. The highest BCUT2D eigenvalue weighted by Crippen LogP contribution is 2.13. The predicted molar refractivity (Wildman–Crippen MR) is 98.9 cm³/mol. The molecule has 4 heteroatoms. The fourth-order valence-electron chi connectivity index (χ4n) is 3.29. The summed E-state index contributed by atoms with van der Waals surface area (Å²) < 4.78 is 2.06. The molecule has 2 aromatic rings. The molecule has 3 rings (SSSR count). The Hall–Kier alpha value is -2.20. The lowest BCUT2D eigenvalue weighted by molar-refractivity contribution is -0.695. The maximum Gasteiger partial charge on any atom is 0.226 e. The second-order valence-electron chi connectivity index (χ2n) is 6.97. The molecule has 1 aliphatic heterocycles. The molecule has 1 aromatic carbocycles. The Morgan fingerprint density at radius 1 is 1.12 bits per heavy atom. The largest absolute Gasteiger partial charge is 0.353 e. The molecule has 4 nitrogen and oxygen atoms in total. The zero-order valence-corrected chi connectivity index (χ0v) is 15.0. The molecule has 2 heterocycles. The molecule has 132 valence electrons. The van der Waals surface area contributed by atoms with Gasteiger partial charge in [0.2, 0.25) is 5.91 Å². The normalized spacial score (nSPS) is 15.9. The van der Waals surface area contributed by atoms with Crippen molar-refractivity contribution in [1.82, 2.24) is 10.2 Å². The van der Waals surface area contributed by atoms with Crippen molar-refractivity contribution < 1.29 is 9.36 Å². The van der Waals surface area contributed by atoms with E-state index in [4.69, 9.17) is 0 Å². The number of likely N-dealkylation sites (tertiary alicyclic amines) is 1. The van der Waals surface area contributed by atoms with Gasteiger partial charge in [0.05, 0.1) is 6.42 Å². The van der Waals surface area contributed by atoms with Crippen LogP contribution in [0.2, 0.25) is 0 Å². The lowest BCUT2D eigenvalue weighted by atomic mass is 10.0. The first-order valence-corrected chi connectivity index (χ1v) is 9.20. The van der Waals surface area contributed by atoms with Crippen LogP contribution in [0.5, 0.6) is 0 Å². The first-order chi connectivity index (χ1) is 12.2. The Balaban J connectivity index is 1.36. The molecular formula is C21H28N3O+. The Labute approximate surface area is 150 Å². The Bertz CT molecular complexity index is 661. The van der Waals surface area contributed by atoms with Crippen molar-refractivity contribution in [2.24, 2.45) is 0 Å². The van der Waals surface area contributed by atoms with Gasteiger partial charge in [0.15, 0.2) is 18.9 Å². The molecule has 0 saturated carbocycles. The van der Waals surface area contributed by atoms with Crippen LogP contribution >= 0.6 is 0 Å². The number of aryl methyl sites for hydroxylation is 2. The number of rotatable bonds is 6. The van der Waals surface area contributed by atoms with Crippen molar-refractivity contribution in [1.29, 1.82) is 0 Å². The molecule has 1 aromatic heterocycles. The SMILES string of the molecule is Cc1cc[n+](CCC(=O)NC2CCN(Cc3ccccc3)CC2)cc1. The fraction of sp³-hybridized carbons (Fsp3) is 0.429. The number of nitrogens with one attached hydrogen (secondary N) is 1. The number of amides is 1. The maximum atomic E-state index is 12.2. The van der Waals surface area contributed by atoms with E-state index in [1.807, 2.05) is 12.4 Å². The van der Waals surface area contributed by atoms with Crippen molar-refractivity contribution >= 4 is 5.91 Å². The van der Waals surface area contributed by atoms with E-state index in [2.05, 4.69) is 64.2 Å². The van der Waals surface area contributed by atoms with Crippen LogP contribution < -0.4 is 9.88 Å². The fourth-order valence-corrected chi connectivity index (χ4v) is 3.29. The smallest absolute Gasteiger partial charge is 0.226 e. The van der Waals surface area contributed by atoms with E-state index < -0.39 is 0 Å². The minimum atomic E-state index is 0.162. The third-order valence-corrected chi connectivity index (χ3v) is 4.86. The van der Waals surface area contributed by atoms with Gasteiger partial charge in [0.1, 0.15) is 0 Å². The molecule has 25 heavy (non-hydrogen) atoms. The number of carbonyl (C=O) groups excluding carboxylic acids is 1. The Morgan fingerprint density at radius 3 is 2.48 bits per heavy atom. The second kappa shape index (κ2) is 8.77. The van der Waals surface area contributed by atoms with Gasteiger partial charge < -0.3 is 5.32 Å². The number of piperidine rings is 1. The minimum absolute atomic E-state index is 0.162. The minimum Gasteiger partial charge on any atom is -0.353 e. The average molecular weight is 338 g/mol. The molecule has 1 amide bonds. The molecule has 0 atom stereocenters. The van der Waals surface area contributed by atoms with Crippen LogP contribution in [0.15, 0.2) is 54.9 Å². The Morgan fingerprint density at radius 2 is 1.80 bits per heavy atom. The van der Waals surface area contributed by atoms with E-state index in [-0.39, 0.29) is 5.91 Å². The zero-order valence-electron chi connectivity index (χ0n) is 15.0. The zero-order chi connectivity index (χ0) is 17.5. The lowest BCUT2D eigenvalue weighted by Gasteiger charge is -2.32. The predicted octanol–water partition coefficient (Wildman–Crippen LogP) is 2.45. The van der Waals surface area contributed by atoms with Crippen LogP contribution in [0.3, 0.4) is 0 Å². The number of benzene rings is 1. The standard InChI is InChI=1S/C21H27N3O/c1-18-7-12-23(13-8-18)16-11-21(25)22-20-9-14-24(15-10-20)17-19-5-3-2-4-6-19/h2-8,12-13,20H,9-11,14-17H2,1H3/p+1. The van der Waals surface area contributed by atoms with E-state index in [1.165, 1.54) is 11.1 Å². The topological polar surface area (TPSA) is 36.2 Å². The van der Waals surface area contributed by atoms with Gasteiger partial charge in [-0.3, -0.25) is 9.69 Å². The second-order valence-corrected chi connectivity index (χ2v) is 6.97. The number of carbonyl (C=O) groups is 1. The van der Waals surface area contributed by atoms with Crippen molar-refractivity contribution in [3.8, 4) is 0 Å². The third-order valence-electron chi connectivity index (χ3n) is 4.86. The van der Waals surface area contributed by atoms with Crippen LogP contribution in [-0.4, -0.2) is 29.9 Å². The van der Waals surface area contributed by atoms with E-state index in [9.17, 15) is 4.79 Å². The van der Waals surface area contributed by atoms with Gasteiger partial charge in [0.25, 0.3) is 0 Å². The average Bonchev–Trinajstić information content (AvgIpc) is 2.64. The van der Waals surface area contributed by atoms with Crippen molar-refractivity contribution in [2.75, 3.05) is 13.1 Å². The van der Waals surface area contributed by atoms with Crippen LogP contribution in [0.1, 0.15) is 30.4 Å². The maximum absolute atomic E-state index is 12.2. The molecule has 1 saturated heterocycles. The van der Waals surface area contributed by atoms with Gasteiger partial charge in [-0.15, -0.1) is 0 Å². The van der Waals surface area contributed by atoms with E-state index in [1.54, 1.807) is 0 Å². The first kappa shape index (κ1) is 17.6. The van der Waals surface area contributed by atoms with Crippen LogP contribution in [0.25, 0.3) is 0 Å². The highest BCUT2D eigenvalue weighted by Gasteiger charge is 2.21. The van der Waals surface area contributed by atoms with Crippen LogP contribution in [0.4, 0.5) is 0 Å². The molecule has 1 N–H and O–H groups in total. The summed E-state index contributed by atoms with van der Waals surface area (Å²) in [6, 6.07) is 15.1. The van der Waals surface area contributed by atoms with Crippen molar-refractivity contribution in [2.45, 2.75) is 45.3 Å². The molecule has 0 bridgehead atoms. The first-order valence-electron chi connectivity index (χ1n) is 9.20. The summed E-state index contributed by atoms with van der Waals surface area (Å²) in [6.07, 6.45) is 6.68. The molecule has 1 fully saturated rings. The van der Waals surface area contributed by atoms with Gasteiger partial charge in [-0.1, -0.05) is 30.3 Å². The van der Waals surface area contributed by atoms with Gasteiger partial charge >= 0.3 is 0 Å². The van der Waals surface area contributed by atoms with E-state index in [0.29, 0.717) is 12.5 Å². The lowest BCUT2D eigenvalue weighted by Crippen LogP contribution is -2.45.